The predicted molar refractivity (Wildman–Crippen MR) is 56.0 cm³/mol. The smallest absolute Gasteiger partial charge is 0.414 e. The molecule has 6 heteroatoms. The van der Waals surface area contributed by atoms with Crippen LogP contribution < -0.4 is 4.74 Å². The van der Waals surface area contributed by atoms with Gasteiger partial charge in [0.2, 0.25) is 0 Å². The summed E-state index contributed by atoms with van der Waals surface area (Å²) >= 11 is 0. The lowest BCUT2D eigenvalue weighted by atomic mass is 10.1. The van der Waals surface area contributed by atoms with Crippen LogP contribution >= 0.6 is 0 Å². The zero-order valence-corrected chi connectivity index (χ0v) is 9.80. The maximum Gasteiger partial charge on any atom is 0.414 e. The molecule has 1 heterocycles. The summed E-state index contributed by atoms with van der Waals surface area (Å²) in [4.78, 5) is 3.90. The number of rotatable bonds is 3. The first-order valence-corrected chi connectivity index (χ1v) is 5.01. The summed E-state index contributed by atoms with van der Waals surface area (Å²) in [5.41, 5.74) is 1.46. The third-order valence-corrected chi connectivity index (χ3v) is 2.51. The first-order chi connectivity index (χ1) is 7.77. The van der Waals surface area contributed by atoms with Crippen molar-refractivity contribution in [2.45, 2.75) is 32.5 Å². The Kier molecular flexibility index (Phi) is 3.98. The van der Waals surface area contributed by atoms with Crippen LogP contribution in [0, 0.1) is 13.8 Å². The standard InChI is InChI=1S/C11H14F3NO2/c1-6-5-15-8(7(2)10(6)17-3)4-9(16)11(12,13)14/h5,9,16H,4H2,1-3H3/t9-/m0/s1. The first-order valence-electron chi connectivity index (χ1n) is 5.01. The Morgan fingerprint density at radius 3 is 2.47 bits per heavy atom. The van der Waals surface area contributed by atoms with Gasteiger partial charge in [-0.2, -0.15) is 13.2 Å². The van der Waals surface area contributed by atoms with Crippen molar-refractivity contribution in [1.29, 1.82) is 0 Å². The van der Waals surface area contributed by atoms with Gasteiger partial charge in [0.15, 0.2) is 6.10 Å². The van der Waals surface area contributed by atoms with E-state index in [4.69, 9.17) is 9.84 Å². The Balaban J connectivity index is 3.01. The Labute approximate surface area is 97.2 Å². The molecular weight excluding hydrogens is 235 g/mol. The molecule has 1 atom stereocenters. The van der Waals surface area contributed by atoms with Gasteiger partial charge < -0.3 is 9.84 Å². The minimum absolute atomic E-state index is 0.192. The average Bonchev–Trinajstić information content (AvgIpc) is 2.21. The molecule has 0 spiro atoms. The summed E-state index contributed by atoms with van der Waals surface area (Å²) in [5.74, 6) is 0.504. The normalized spacial score (nSPS) is 13.6. The lowest BCUT2D eigenvalue weighted by Gasteiger charge is -2.17. The third-order valence-electron chi connectivity index (χ3n) is 2.51. The van der Waals surface area contributed by atoms with Gasteiger partial charge in [0.1, 0.15) is 5.75 Å². The number of methoxy groups -OCH3 is 1. The number of alkyl halides is 3. The molecule has 0 fully saturated rings. The highest BCUT2D eigenvalue weighted by molar-refractivity contribution is 5.41. The van der Waals surface area contributed by atoms with Crippen LogP contribution in [-0.4, -0.2) is 29.5 Å². The minimum Gasteiger partial charge on any atom is -0.496 e. The number of hydrogen-bond acceptors (Lipinski definition) is 3. The molecule has 3 nitrogen and oxygen atoms in total. The van der Waals surface area contributed by atoms with Gasteiger partial charge in [-0.05, 0) is 13.8 Å². The van der Waals surface area contributed by atoms with Crippen molar-refractivity contribution in [3.63, 3.8) is 0 Å². The molecule has 96 valence electrons. The second-order valence-corrected chi connectivity index (χ2v) is 3.81. The van der Waals surface area contributed by atoms with Gasteiger partial charge in [-0.3, -0.25) is 4.98 Å². The van der Waals surface area contributed by atoms with Crippen LogP contribution in [-0.2, 0) is 6.42 Å². The molecule has 0 unspecified atom stereocenters. The highest BCUT2D eigenvalue weighted by Crippen LogP contribution is 2.28. The summed E-state index contributed by atoms with van der Waals surface area (Å²) in [6.07, 6.45) is -6.16. The molecule has 0 saturated carbocycles. The number of nitrogens with zero attached hydrogens (tertiary/aromatic N) is 1. The van der Waals surface area contributed by atoms with Crippen LogP contribution in [0.4, 0.5) is 13.2 Å². The first kappa shape index (κ1) is 13.8. The molecule has 17 heavy (non-hydrogen) atoms. The number of aryl methyl sites for hydroxylation is 1. The van der Waals surface area contributed by atoms with Crippen LogP contribution in [0.25, 0.3) is 0 Å². The van der Waals surface area contributed by atoms with Crippen molar-refractivity contribution in [3.8, 4) is 5.75 Å². The van der Waals surface area contributed by atoms with E-state index in [1.54, 1.807) is 13.8 Å². The highest BCUT2D eigenvalue weighted by Gasteiger charge is 2.38. The highest BCUT2D eigenvalue weighted by atomic mass is 19.4. The molecule has 0 radical (unpaired) electrons. The number of aromatic nitrogens is 1. The lowest BCUT2D eigenvalue weighted by molar-refractivity contribution is -0.203. The zero-order valence-electron chi connectivity index (χ0n) is 9.80. The fourth-order valence-electron chi connectivity index (χ4n) is 1.58. The second-order valence-electron chi connectivity index (χ2n) is 3.81. The fraction of sp³-hybridized carbons (Fsp3) is 0.545. The summed E-state index contributed by atoms with van der Waals surface area (Å²) in [6.45, 7) is 3.38. The average molecular weight is 249 g/mol. The molecule has 0 aliphatic rings. The summed E-state index contributed by atoms with van der Waals surface area (Å²) in [7, 11) is 1.44. The van der Waals surface area contributed by atoms with Crippen molar-refractivity contribution in [1.82, 2.24) is 4.98 Å². The maximum absolute atomic E-state index is 12.2. The monoisotopic (exact) mass is 249 g/mol. The van der Waals surface area contributed by atoms with Gasteiger partial charge in [-0.15, -0.1) is 0 Å². The third kappa shape index (κ3) is 3.09. The SMILES string of the molecule is COc1c(C)cnc(C[C@H](O)C(F)(F)F)c1C. The molecule has 0 aliphatic heterocycles. The zero-order chi connectivity index (χ0) is 13.2. The van der Waals surface area contributed by atoms with Crippen LogP contribution in [0.1, 0.15) is 16.8 Å². The van der Waals surface area contributed by atoms with E-state index >= 15 is 0 Å². The Morgan fingerprint density at radius 1 is 1.41 bits per heavy atom. The van der Waals surface area contributed by atoms with Gasteiger partial charge in [0.05, 0.1) is 7.11 Å². The summed E-state index contributed by atoms with van der Waals surface area (Å²) in [5, 5.41) is 8.99. The van der Waals surface area contributed by atoms with Crippen molar-refractivity contribution in [2.75, 3.05) is 7.11 Å². The van der Waals surface area contributed by atoms with Crippen LogP contribution in [0.2, 0.25) is 0 Å². The summed E-state index contributed by atoms with van der Waals surface area (Å²) in [6, 6.07) is 0. The predicted octanol–water partition coefficient (Wildman–Crippen LogP) is 2.17. The van der Waals surface area contributed by atoms with Crippen molar-refractivity contribution >= 4 is 0 Å². The summed E-state index contributed by atoms with van der Waals surface area (Å²) < 4.78 is 41.7. The molecule has 0 amide bonds. The second kappa shape index (κ2) is 4.91. The van der Waals surface area contributed by atoms with Crippen LogP contribution in [0.5, 0.6) is 5.75 Å². The Morgan fingerprint density at radius 2 is 2.00 bits per heavy atom. The van der Waals surface area contributed by atoms with Gasteiger partial charge in [0, 0.05) is 29.4 Å². The molecule has 1 rings (SSSR count). The topological polar surface area (TPSA) is 42.4 Å². The van der Waals surface area contributed by atoms with E-state index in [0.29, 0.717) is 11.3 Å². The van der Waals surface area contributed by atoms with Gasteiger partial charge in [0.25, 0.3) is 0 Å². The number of aliphatic hydroxyl groups excluding tert-OH is 1. The van der Waals surface area contributed by atoms with Gasteiger partial charge >= 0.3 is 6.18 Å². The van der Waals surface area contributed by atoms with Crippen molar-refractivity contribution in [3.05, 3.63) is 23.0 Å². The lowest BCUT2D eigenvalue weighted by Crippen LogP contribution is -2.31. The molecule has 1 N–H and O–H groups in total. The Bertz CT molecular complexity index is 404. The number of ether oxygens (including phenoxy) is 1. The molecule has 1 aromatic rings. The van der Waals surface area contributed by atoms with E-state index in [2.05, 4.69) is 4.98 Å². The number of hydrogen-bond donors (Lipinski definition) is 1. The van der Waals surface area contributed by atoms with Crippen LogP contribution in [0.15, 0.2) is 6.20 Å². The molecular formula is C11H14F3NO2. The van der Waals surface area contributed by atoms with E-state index in [0.717, 1.165) is 5.56 Å². The van der Waals surface area contributed by atoms with Gasteiger partial charge in [-0.25, -0.2) is 0 Å². The quantitative estimate of drug-likeness (QED) is 0.892. The van der Waals surface area contributed by atoms with Crippen LogP contribution in [0.3, 0.4) is 0 Å². The van der Waals surface area contributed by atoms with Gasteiger partial charge in [-0.1, -0.05) is 0 Å². The van der Waals surface area contributed by atoms with E-state index in [1.807, 2.05) is 0 Å². The van der Waals surface area contributed by atoms with E-state index < -0.39 is 18.7 Å². The fourth-order valence-corrected chi connectivity index (χ4v) is 1.58. The van der Waals surface area contributed by atoms with E-state index in [9.17, 15) is 13.2 Å². The van der Waals surface area contributed by atoms with E-state index in [-0.39, 0.29) is 5.69 Å². The molecule has 0 aromatic carbocycles. The van der Waals surface area contributed by atoms with E-state index in [1.165, 1.54) is 13.3 Å². The molecule has 1 aromatic heterocycles. The maximum atomic E-state index is 12.2. The number of aliphatic hydroxyl groups is 1. The molecule has 0 aliphatic carbocycles. The van der Waals surface area contributed by atoms with Crippen molar-refractivity contribution < 1.29 is 23.0 Å². The largest absolute Gasteiger partial charge is 0.496 e. The minimum atomic E-state index is -4.63. The molecule has 0 bridgehead atoms. The number of halogens is 3. The molecule has 0 saturated heterocycles. The Hall–Kier alpha value is -1.30. The van der Waals surface area contributed by atoms with Crippen molar-refractivity contribution in [2.24, 2.45) is 0 Å². The number of pyridine rings is 1.